The molecule has 0 aliphatic rings. The zero-order valence-electron chi connectivity index (χ0n) is 7.92. The van der Waals surface area contributed by atoms with Gasteiger partial charge in [-0.2, -0.15) is 0 Å². The Morgan fingerprint density at radius 2 is 2.00 bits per heavy atom. The highest BCUT2D eigenvalue weighted by Crippen LogP contribution is 1.87. The minimum atomic E-state index is -0.879. The van der Waals surface area contributed by atoms with Crippen LogP contribution >= 0.6 is 0 Å². The summed E-state index contributed by atoms with van der Waals surface area (Å²) in [5.74, 6) is -0.879. The third-order valence-corrected chi connectivity index (χ3v) is 0.860. The van der Waals surface area contributed by atoms with E-state index in [9.17, 15) is 4.79 Å². The molecule has 72 valence electrons. The van der Waals surface area contributed by atoms with Crippen molar-refractivity contribution in [1.29, 1.82) is 0 Å². The Hall–Kier alpha value is -1.03. The summed E-state index contributed by atoms with van der Waals surface area (Å²) in [6.45, 7) is 6.86. The van der Waals surface area contributed by atoms with Crippen molar-refractivity contribution in [3.63, 3.8) is 0 Å². The van der Waals surface area contributed by atoms with E-state index in [1.807, 2.05) is 13.8 Å². The number of nitrogens with two attached hydrogens (primary N) is 1. The zero-order valence-corrected chi connectivity index (χ0v) is 7.92. The summed E-state index contributed by atoms with van der Waals surface area (Å²) in [4.78, 5) is 10.1. The van der Waals surface area contributed by atoms with E-state index in [4.69, 9.17) is 10.8 Å². The number of carboxylic acid groups (broad SMARTS) is 1. The molecule has 0 saturated carbocycles. The average molecular weight is 174 g/mol. The largest absolute Gasteiger partial charge is 0.478 e. The van der Waals surface area contributed by atoms with Crippen LogP contribution in [0.25, 0.3) is 0 Å². The molecule has 0 radical (unpaired) electrons. The third-order valence-electron chi connectivity index (χ3n) is 0.860. The quantitative estimate of drug-likeness (QED) is 0.546. The molecule has 0 bridgehead atoms. The first-order chi connectivity index (χ1) is 5.59. The summed E-state index contributed by atoms with van der Waals surface area (Å²) in [5.41, 5.74) is 5.18. The minimum absolute atomic E-state index is 0.330. The van der Waals surface area contributed by atoms with Gasteiger partial charge in [0, 0.05) is 18.3 Å². The SMILES string of the molecule is CCN.CCNC=C(C)C(=O)O. The van der Waals surface area contributed by atoms with Crippen LogP contribution in [-0.2, 0) is 4.79 Å². The van der Waals surface area contributed by atoms with Crippen molar-refractivity contribution in [1.82, 2.24) is 5.32 Å². The first-order valence-electron chi connectivity index (χ1n) is 3.93. The standard InChI is InChI=1S/C6H11NO2.C2H7N/c1-3-7-4-5(2)6(8)9;1-2-3/h4,7H,3H2,1-2H3,(H,8,9);2-3H2,1H3. The molecule has 0 rings (SSSR count). The fourth-order valence-electron chi connectivity index (χ4n) is 0.317. The van der Waals surface area contributed by atoms with Gasteiger partial charge in [0.15, 0.2) is 0 Å². The Kier molecular flexibility index (Phi) is 11.3. The van der Waals surface area contributed by atoms with Gasteiger partial charge in [0.25, 0.3) is 0 Å². The van der Waals surface area contributed by atoms with Crippen molar-refractivity contribution in [2.24, 2.45) is 5.73 Å². The lowest BCUT2D eigenvalue weighted by Gasteiger charge is -1.93. The highest BCUT2D eigenvalue weighted by molar-refractivity contribution is 5.85. The fraction of sp³-hybridized carbons (Fsp3) is 0.625. The summed E-state index contributed by atoms with van der Waals surface area (Å²) in [6, 6.07) is 0. The Bertz CT molecular complexity index is 144. The van der Waals surface area contributed by atoms with Crippen LogP contribution in [0.2, 0.25) is 0 Å². The van der Waals surface area contributed by atoms with Gasteiger partial charge in [0.05, 0.1) is 0 Å². The van der Waals surface area contributed by atoms with E-state index >= 15 is 0 Å². The van der Waals surface area contributed by atoms with Crippen molar-refractivity contribution >= 4 is 5.97 Å². The van der Waals surface area contributed by atoms with E-state index in [1.54, 1.807) is 6.92 Å². The molecule has 0 aliphatic carbocycles. The molecule has 4 heteroatoms. The summed E-state index contributed by atoms with van der Waals surface area (Å²) in [6.07, 6.45) is 1.49. The van der Waals surface area contributed by atoms with Crippen LogP contribution in [0, 0.1) is 0 Å². The average Bonchev–Trinajstić information content (AvgIpc) is 2.01. The number of hydrogen-bond donors (Lipinski definition) is 3. The van der Waals surface area contributed by atoms with Crippen LogP contribution in [0.3, 0.4) is 0 Å². The second-order valence-electron chi connectivity index (χ2n) is 2.10. The van der Waals surface area contributed by atoms with Crippen LogP contribution in [0.1, 0.15) is 20.8 Å². The van der Waals surface area contributed by atoms with Gasteiger partial charge < -0.3 is 16.2 Å². The van der Waals surface area contributed by atoms with Crippen LogP contribution in [0.15, 0.2) is 11.8 Å². The molecule has 12 heavy (non-hydrogen) atoms. The lowest BCUT2D eigenvalue weighted by molar-refractivity contribution is -0.132. The first kappa shape index (κ1) is 13.6. The van der Waals surface area contributed by atoms with Gasteiger partial charge in [0.2, 0.25) is 0 Å². The Morgan fingerprint density at radius 1 is 1.58 bits per heavy atom. The van der Waals surface area contributed by atoms with Gasteiger partial charge in [-0.15, -0.1) is 0 Å². The second-order valence-corrected chi connectivity index (χ2v) is 2.10. The minimum Gasteiger partial charge on any atom is -0.478 e. The number of carboxylic acids is 1. The number of aliphatic carboxylic acids is 1. The summed E-state index contributed by atoms with van der Waals surface area (Å²) >= 11 is 0. The second kappa shape index (κ2) is 9.97. The van der Waals surface area contributed by atoms with Crippen molar-refractivity contribution in [2.45, 2.75) is 20.8 Å². The summed E-state index contributed by atoms with van der Waals surface area (Å²) < 4.78 is 0. The molecule has 0 aromatic heterocycles. The van der Waals surface area contributed by atoms with Crippen molar-refractivity contribution in [3.8, 4) is 0 Å². The maximum Gasteiger partial charge on any atom is 0.332 e. The molecule has 0 atom stereocenters. The molecule has 0 aromatic rings. The van der Waals surface area contributed by atoms with Gasteiger partial charge >= 0.3 is 5.97 Å². The monoisotopic (exact) mass is 174 g/mol. The lowest BCUT2D eigenvalue weighted by atomic mass is 10.3. The van der Waals surface area contributed by atoms with Gasteiger partial charge in [-0.1, -0.05) is 6.92 Å². The molecule has 4 nitrogen and oxygen atoms in total. The molecule has 0 aromatic carbocycles. The van der Waals surface area contributed by atoms with E-state index < -0.39 is 5.97 Å². The molecular weight excluding hydrogens is 156 g/mol. The van der Waals surface area contributed by atoms with Crippen molar-refractivity contribution in [3.05, 3.63) is 11.8 Å². The third kappa shape index (κ3) is 11.7. The molecule has 0 aliphatic heterocycles. The number of hydrogen-bond acceptors (Lipinski definition) is 3. The van der Waals surface area contributed by atoms with Gasteiger partial charge in [-0.3, -0.25) is 0 Å². The maximum absolute atomic E-state index is 10.1. The van der Waals surface area contributed by atoms with Crippen LogP contribution in [-0.4, -0.2) is 24.2 Å². The topological polar surface area (TPSA) is 75.3 Å². The molecule has 0 unspecified atom stereocenters. The Balaban J connectivity index is 0. The van der Waals surface area contributed by atoms with E-state index in [-0.39, 0.29) is 0 Å². The molecule has 0 spiro atoms. The lowest BCUT2D eigenvalue weighted by Crippen LogP contribution is -2.07. The smallest absolute Gasteiger partial charge is 0.332 e. The van der Waals surface area contributed by atoms with Crippen LogP contribution < -0.4 is 11.1 Å². The summed E-state index contributed by atoms with van der Waals surface area (Å²) in [7, 11) is 0. The fourth-order valence-corrected chi connectivity index (χ4v) is 0.317. The highest BCUT2D eigenvalue weighted by Gasteiger charge is 1.95. The predicted octanol–water partition coefficient (Wildman–Crippen LogP) is 0.549. The molecule has 0 heterocycles. The Labute approximate surface area is 73.5 Å². The number of nitrogens with one attached hydrogen (secondary N) is 1. The number of carbonyl (C=O) groups is 1. The molecule has 0 fully saturated rings. The van der Waals surface area contributed by atoms with E-state index in [0.29, 0.717) is 5.57 Å². The normalized spacial score (nSPS) is 9.83. The van der Waals surface area contributed by atoms with E-state index in [2.05, 4.69) is 5.32 Å². The summed E-state index contributed by atoms with van der Waals surface area (Å²) in [5, 5.41) is 11.1. The molecule has 4 N–H and O–H groups in total. The zero-order chi connectivity index (χ0) is 9.98. The van der Waals surface area contributed by atoms with Gasteiger partial charge in [-0.05, 0) is 20.4 Å². The predicted molar refractivity (Wildman–Crippen MR) is 49.8 cm³/mol. The molecule has 0 amide bonds. The van der Waals surface area contributed by atoms with Gasteiger partial charge in [-0.25, -0.2) is 4.79 Å². The van der Waals surface area contributed by atoms with Crippen LogP contribution in [0.5, 0.6) is 0 Å². The van der Waals surface area contributed by atoms with Crippen LogP contribution in [0.4, 0.5) is 0 Å². The van der Waals surface area contributed by atoms with Crippen molar-refractivity contribution in [2.75, 3.05) is 13.1 Å². The van der Waals surface area contributed by atoms with Gasteiger partial charge in [0.1, 0.15) is 0 Å². The highest BCUT2D eigenvalue weighted by atomic mass is 16.4. The molecule has 0 saturated heterocycles. The number of rotatable bonds is 3. The van der Waals surface area contributed by atoms with E-state index in [0.717, 1.165) is 13.1 Å². The van der Waals surface area contributed by atoms with E-state index in [1.165, 1.54) is 6.20 Å². The Morgan fingerprint density at radius 3 is 2.25 bits per heavy atom. The van der Waals surface area contributed by atoms with Crippen molar-refractivity contribution < 1.29 is 9.90 Å². The molecular formula is C8H18N2O2. The maximum atomic E-state index is 10.1. The first-order valence-corrected chi connectivity index (χ1v) is 3.93.